The lowest BCUT2D eigenvalue weighted by molar-refractivity contribution is 0.0993. The Morgan fingerprint density at radius 2 is 1.89 bits per heavy atom. The summed E-state index contributed by atoms with van der Waals surface area (Å²) in [5, 5.41) is 17.9. The number of rotatable bonds is 3. The van der Waals surface area contributed by atoms with Gasteiger partial charge in [0.1, 0.15) is 6.26 Å². The molecule has 1 aromatic heterocycles. The van der Waals surface area contributed by atoms with Crippen molar-refractivity contribution in [2.45, 2.75) is 0 Å². The number of carbonyl (C=O) groups excluding carboxylic acids is 1. The van der Waals surface area contributed by atoms with Gasteiger partial charge in [-0.2, -0.15) is 0 Å². The maximum absolute atomic E-state index is 12.1. The van der Waals surface area contributed by atoms with Crippen molar-refractivity contribution in [3.05, 3.63) is 48.4 Å². The molecule has 0 radical (unpaired) electrons. The van der Waals surface area contributed by atoms with Crippen LogP contribution in [0.25, 0.3) is 0 Å². The predicted octanol–water partition coefficient (Wildman–Crippen LogP) is 0.236. The SMILES string of the molecule is CN(C(=O)c1ccc(B(O)O)cc1)c1ccoc1. The van der Waals surface area contributed by atoms with Crippen LogP contribution in [0.1, 0.15) is 10.4 Å². The van der Waals surface area contributed by atoms with Crippen LogP contribution < -0.4 is 10.4 Å². The van der Waals surface area contributed by atoms with E-state index >= 15 is 0 Å². The summed E-state index contributed by atoms with van der Waals surface area (Å²) in [5.74, 6) is -0.199. The van der Waals surface area contributed by atoms with Crippen molar-refractivity contribution in [1.82, 2.24) is 0 Å². The fourth-order valence-corrected chi connectivity index (χ4v) is 1.56. The lowest BCUT2D eigenvalue weighted by Gasteiger charge is -2.14. The molecular weight excluding hydrogens is 233 g/mol. The molecular formula is C12H12BNO4. The molecule has 0 atom stereocenters. The van der Waals surface area contributed by atoms with Gasteiger partial charge in [0.25, 0.3) is 5.91 Å². The number of carbonyl (C=O) groups is 1. The third-order valence-electron chi connectivity index (χ3n) is 2.65. The molecule has 2 aromatic rings. The Bertz CT molecular complexity index is 522. The molecule has 0 saturated carbocycles. The first kappa shape index (κ1) is 12.4. The highest BCUT2D eigenvalue weighted by Gasteiger charge is 2.16. The minimum absolute atomic E-state index is 0.199. The van der Waals surface area contributed by atoms with Gasteiger partial charge in [-0.25, -0.2) is 0 Å². The fraction of sp³-hybridized carbons (Fsp3) is 0.0833. The fourth-order valence-electron chi connectivity index (χ4n) is 1.56. The Labute approximate surface area is 104 Å². The molecule has 0 saturated heterocycles. The van der Waals surface area contributed by atoms with Gasteiger partial charge in [-0.15, -0.1) is 0 Å². The van der Waals surface area contributed by atoms with Crippen LogP contribution in [0, 0.1) is 0 Å². The Morgan fingerprint density at radius 3 is 2.39 bits per heavy atom. The summed E-state index contributed by atoms with van der Waals surface area (Å²) in [6, 6.07) is 7.79. The van der Waals surface area contributed by atoms with Gasteiger partial charge >= 0.3 is 7.12 Å². The Kier molecular flexibility index (Phi) is 3.50. The van der Waals surface area contributed by atoms with Gasteiger partial charge < -0.3 is 19.4 Å². The van der Waals surface area contributed by atoms with Crippen LogP contribution in [0.4, 0.5) is 5.69 Å². The van der Waals surface area contributed by atoms with E-state index in [4.69, 9.17) is 14.5 Å². The van der Waals surface area contributed by atoms with Crippen molar-refractivity contribution in [2.24, 2.45) is 0 Å². The molecule has 92 valence electrons. The molecule has 2 N–H and O–H groups in total. The van der Waals surface area contributed by atoms with E-state index in [0.29, 0.717) is 16.7 Å². The summed E-state index contributed by atoms with van der Waals surface area (Å²) in [6.45, 7) is 0. The summed E-state index contributed by atoms with van der Waals surface area (Å²) in [5.41, 5.74) is 1.46. The zero-order valence-electron chi connectivity index (χ0n) is 9.78. The zero-order chi connectivity index (χ0) is 13.1. The predicted molar refractivity (Wildman–Crippen MR) is 67.7 cm³/mol. The zero-order valence-corrected chi connectivity index (χ0v) is 9.78. The van der Waals surface area contributed by atoms with E-state index in [1.165, 1.54) is 29.6 Å². The van der Waals surface area contributed by atoms with E-state index in [1.54, 1.807) is 25.2 Å². The van der Waals surface area contributed by atoms with E-state index < -0.39 is 7.12 Å². The van der Waals surface area contributed by atoms with Crippen LogP contribution >= 0.6 is 0 Å². The molecule has 0 spiro atoms. The molecule has 0 bridgehead atoms. The van der Waals surface area contributed by atoms with Crippen LogP contribution in [-0.4, -0.2) is 30.1 Å². The number of nitrogens with zero attached hydrogens (tertiary/aromatic N) is 1. The summed E-state index contributed by atoms with van der Waals surface area (Å²) in [7, 11) is 0.114. The van der Waals surface area contributed by atoms with Gasteiger partial charge in [0.2, 0.25) is 0 Å². The van der Waals surface area contributed by atoms with Gasteiger partial charge in [0, 0.05) is 18.7 Å². The topological polar surface area (TPSA) is 73.9 Å². The third kappa shape index (κ3) is 2.44. The molecule has 2 rings (SSSR count). The van der Waals surface area contributed by atoms with Gasteiger partial charge in [-0.3, -0.25) is 4.79 Å². The maximum Gasteiger partial charge on any atom is 0.488 e. The average Bonchev–Trinajstić information content (AvgIpc) is 2.91. The van der Waals surface area contributed by atoms with Crippen LogP contribution in [0.2, 0.25) is 0 Å². The molecule has 5 nitrogen and oxygen atoms in total. The molecule has 0 aliphatic carbocycles. The molecule has 1 amide bonds. The van der Waals surface area contributed by atoms with E-state index in [0.717, 1.165) is 0 Å². The second kappa shape index (κ2) is 5.08. The van der Waals surface area contributed by atoms with Crippen molar-refractivity contribution < 1.29 is 19.3 Å². The summed E-state index contributed by atoms with van der Waals surface area (Å²) >= 11 is 0. The summed E-state index contributed by atoms with van der Waals surface area (Å²) in [4.78, 5) is 13.5. The number of benzene rings is 1. The van der Waals surface area contributed by atoms with E-state index in [2.05, 4.69) is 0 Å². The normalized spacial score (nSPS) is 10.2. The molecule has 0 fully saturated rings. The van der Waals surface area contributed by atoms with E-state index in [9.17, 15) is 4.79 Å². The molecule has 0 unspecified atom stereocenters. The smallest absolute Gasteiger partial charge is 0.470 e. The molecule has 1 heterocycles. The maximum atomic E-state index is 12.1. The van der Waals surface area contributed by atoms with Crippen molar-refractivity contribution in [3.8, 4) is 0 Å². The van der Waals surface area contributed by atoms with Crippen molar-refractivity contribution in [2.75, 3.05) is 11.9 Å². The lowest BCUT2D eigenvalue weighted by Crippen LogP contribution is -2.31. The first-order chi connectivity index (χ1) is 8.59. The highest BCUT2D eigenvalue weighted by atomic mass is 16.4. The monoisotopic (exact) mass is 245 g/mol. The molecule has 0 aliphatic heterocycles. The van der Waals surface area contributed by atoms with Crippen LogP contribution in [-0.2, 0) is 0 Å². The molecule has 0 aliphatic rings. The summed E-state index contributed by atoms with van der Waals surface area (Å²) < 4.78 is 4.91. The van der Waals surface area contributed by atoms with E-state index in [-0.39, 0.29) is 5.91 Å². The number of amides is 1. The number of anilines is 1. The van der Waals surface area contributed by atoms with Gasteiger partial charge in [0.15, 0.2) is 0 Å². The molecule has 1 aromatic carbocycles. The third-order valence-corrected chi connectivity index (χ3v) is 2.65. The lowest BCUT2D eigenvalue weighted by atomic mass is 9.80. The second-order valence-electron chi connectivity index (χ2n) is 3.84. The number of furan rings is 1. The van der Waals surface area contributed by atoms with Crippen LogP contribution in [0.15, 0.2) is 47.3 Å². The van der Waals surface area contributed by atoms with Crippen molar-refractivity contribution in [1.29, 1.82) is 0 Å². The quantitative estimate of drug-likeness (QED) is 0.759. The summed E-state index contributed by atoms with van der Waals surface area (Å²) in [6.07, 6.45) is 2.97. The minimum atomic E-state index is -1.53. The first-order valence-electron chi connectivity index (χ1n) is 5.36. The minimum Gasteiger partial charge on any atom is -0.470 e. The number of hydrogen-bond donors (Lipinski definition) is 2. The number of hydrogen-bond acceptors (Lipinski definition) is 4. The first-order valence-corrected chi connectivity index (χ1v) is 5.36. The van der Waals surface area contributed by atoms with Crippen LogP contribution in [0.3, 0.4) is 0 Å². The Morgan fingerprint density at radius 1 is 1.22 bits per heavy atom. The highest BCUT2D eigenvalue weighted by Crippen LogP contribution is 2.15. The standard InChI is InChI=1S/C12H12BNO4/c1-14(11-6-7-18-8-11)12(15)9-2-4-10(5-3-9)13(16)17/h2-8,16-17H,1H3. The Balaban J connectivity index is 2.19. The van der Waals surface area contributed by atoms with Gasteiger partial charge in [0.05, 0.1) is 12.0 Å². The Hall–Kier alpha value is -2.05. The van der Waals surface area contributed by atoms with Crippen molar-refractivity contribution in [3.63, 3.8) is 0 Å². The van der Waals surface area contributed by atoms with Crippen LogP contribution in [0.5, 0.6) is 0 Å². The van der Waals surface area contributed by atoms with Gasteiger partial charge in [-0.1, -0.05) is 12.1 Å². The van der Waals surface area contributed by atoms with E-state index in [1.807, 2.05) is 0 Å². The molecule has 18 heavy (non-hydrogen) atoms. The average molecular weight is 245 g/mol. The largest absolute Gasteiger partial charge is 0.488 e. The highest BCUT2D eigenvalue weighted by molar-refractivity contribution is 6.58. The molecule has 6 heteroatoms. The van der Waals surface area contributed by atoms with Crippen molar-refractivity contribution >= 4 is 24.2 Å². The van der Waals surface area contributed by atoms with Gasteiger partial charge in [-0.05, 0) is 17.6 Å². The second-order valence-corrected chi connectivity index (χ2v) is 3.84.